The van der Waals surface area contributed by atoms with E-state index in [9.17, 15) is 18.0 Å². The third-order valence-corrected chi connectivity index (χ3v) is 2.46. The molecule has 0 aliphatic carbocycles. The first-order valence-corrected chi connectivity index (χ1v) is 5.59. The summed E-state index contributed by atoms with van der Waals surface area (Å²) in [5.74, 6) is -0.469. The van der Waals surface area contributed by atoms with Gasteiger partial charge in [-0.05, 0) is 19.4 Å². The summed E-state index contributed by atoms with van der Waals surface area (Å²) >= 11 is 0. The molecule has 0 saturated heterocycles. The first-order valence-electron chi connectivity index (χ1n) is 5.59. The number of alkyl halides is 3. The van der Waals surface area contributed by atoms with Crippen LogP contribution in [0.1, 0.15) is 36.1 Å². The van der Waals surface area contributed by atoms with E-state index in [2.05, 4.69) is 5.32 Å². The van der Waals surface area contributed by atoms with E-state index in [1.807, 2.05) is 19.9 Å². The maximum Gasteiger partial charge on any atom is 0.391 e. The summed E-state index contributed by atoms with van der Waals surface area (Å²) in [5, 5.41) is 2.35. The highest BCUT2D eigenvalue weighted by Crippen LogP contribution is 2.30. The van der Waals surface area contributed by atoms with Gasteiger partial charge < -0.3 is 5.32 Å². The molecular formula is C13H16F3NO. The molecular weight excluding hydrogens is 243 g/mol. The predicted octanol–water partition coefficient (Wildman–Crippen LogP) is 3.43. The van der Waals surface area contributed by atoms with Gasteiger partial charge in [0.1, 0.15) is 0 Å². The van der Waals surface area contributed by atoms with Gasteiger partial charge in [0.05, 0.1) is 12.5 Å². The minimum absolute atomic E-state index is 0.469. The molecule has 1 aromatic rings. The fourth-order valence-electron chi connectivity index (χ4n) is 1.94. The second kappa shape index (κ2) is 5.42. The predicted molar refractivity (Wildman–Crippen MR) is 63.1 cm³/mol. The van der Waals surface area contributed by atoms with Crippen molar-refractivity contribution in [2.75, 3.05) is 0 Å². The van der Waals surface area contributed by atoms with Crippen LogP contribution in [0.4, 0.5) is 13.2 Å². The maximum absolute atomic E-state index is 12.5. The van der Waals surface area contributed by atoms with Gasteiger partial charge >= 0.3 is 6.18 Å². The summed E-state index contributed by atoms with van der Waals surface area (Å²) < 4.78 is 37.5. The van der Waals surface area contributed by atoms with Gasteiger partial charge in [-0.3, -0.25) is 4.79 Å². The number of halogens is 3. The topological polar surface area (TPSA) is 29.1 Å². The van der Waals surface area contributed by atoms with Crippen LogP contribution < -0.4 is 5.32 Å². The number of aryl methyl sites for hydroxylation is 2. The molecule has 1 rings (SSSR count). The van der Waals surface area contributed by atoms with E-state index in [0.717, 1.165) is 11.1 Å². The fourth-order valence-corrected chi connectivity index (χ4v) is 1.94. The molecule has 18 heavy (non-hydrogen) atoms. The first kappa shape index (κ1) is 14.5. The van der Waals surface area contributed by atoms with Gasteiger partial charge in [0, 0.05) is 6.92 Å². The van der Waals surface area contributed by atoms with Crippen LogP contribution in [0.2, 0.25) is 0 Å². The zero-order chi connectivity index (χ0) is 13.9. The molecule has 1 aromatic carbocycles. The van der Waals surface area contributed by atoms with Crippen molar-refractivity contribution in [3.8, 4) is 0 Å². The standard InChI is InChI=1S/C13H16F3NO/c1-8-4-9(2)6-11(5-8)12(17-10(3)18)7-13(14,15)16/h4-6,12H,7H2,1-3H3,(H,17,18). The average Bonchev–Trinajstić information content (AvgIpc) is 2.11. The van der Waals surface area contributed by atoms with Gasteiger partial charge in [0.2, 0.25) is 5.91 Å². The second-order valence-electron chi connectivity index (χ2n) is 4.49. The highest BCUT2D eigenvalue weighted by molar-refractivity contribution is 5.73. The number of carbonyl (C=O) groups is 1. The molecule has 0 spiro atoms. The molecule has 2 nitrogen and oxygen atoms in total. The van der Waals surface area contributed by atoms with E-state index in [1.165, 1.54) is 6.92 Å². The minimum atomic E-state index is -4.31. The molecule has 0 aromatic heterocycles. The van der Waals surface area contributed by atoms with Gasteiger partial charge in [-0.25, -0.2) is 0 Å². The van der Waals surface area contributed by atoms with E-state index in [0.29, 0.717) is 5.56 Å². The quantitative estimate of drug-likeness (QED) is 0.885. The summed E-state index contributed by atoms with van der Waals surface area (Å²) in [7, 11) is 0. The Morgan fingerprint density at radius 1 is 1.22 bits per heavy atom. The number of hydrogen-bond donors (Lipinski definition) is 1. The highest BCUT2D eigenvalue weighted by Gasteiger charge is 2.33. The Morgan fingerprint density at radius 2 is 1.72 bits per heavy atom. The molecule has 0 saturated carbocycles. The number of carbonyl (C=O) groups excluding carboxylic acids is 1. The smallest absolute Gasteiger partial charge is 0.349 e. The maximum atomic E-state index is 12.5. The number of hydrogen-bond acceptors (Lipinski definition) is 1. The fraction of sp³-hybridized carbons (Fsp3) is 0.462. The largest absolute Gasteiger partial charge is 0.391 e. The lowest BCUT2D eigenvalue weighted by Gasteiger charge is -2.21. The third kappa shape index (κ3) is 4.77. The molecule has 0 aliphatic rings. The van der Waals surface area contributed by atoms with Crippen LogP contribution in [0, 0.1) is 13.8 Å². The Balaban J connectivity index is 3.04. The monoisotopic (exact) mass is 259 g/mol. The third-order valence-electron chi connectivity index (χ3n) is 2.46. The van der Waals surface area contributed by atoms with Crippen LogP contribution in [-0.4, -0.2) is 12.1 Å². The summed E-state index contributed by atoms with van der Waals surface area (Å²) in [6.07, 6.45) is -5.37. The summed E-state index contributed by atoms with van der Waals surface area (Å²) in [5.41, 5.74) is 2.24. The lowest BCUT2D eigenvalue weighted by molar-refractivity contribution is -0.142. The van der Waals surface area contributed by atoms with Crippen molar-refractivity contribution in [2.45, 2.75) is 39.4 Å². The van der Waals surface area contributed by atoms with E-state index in [-0.39, 0.29) is 0 Å². The summed E-state index contributed by atoms with van der Waals surface area (Å²) in [4.78, 5) is 11.0. The highest BCUT2D eigenvalue weighted by atomic mass is 19.4. The number of benzene rings is 1. The molecule has 0 radical (unpaired) electrons. The average molecular weight is 259 g/mol. The van der Waals surface area contributed by atoms with Gasteiger partial charge in [0.15, 0.2) is 0 Å². The van der Waals surface area contributed by atoms with Crippen molar-refractivity contribution in [1.29, 1.82) is 0 Å². The molecule has 1 unspecified atom stereocenters. The summed E-state index contributed by atoms with van der Waals surface area (Å²) in [6.45, 7) is 4.84. The lowest BCUT2D eigenvalue weighted by Crippen LogP contribution is -2.30. The van der Waals surface area contributed by atoms with Gasteiger partial charge in [-0.15, -0.1) is 0 Å². The Morgan fingerprint density at radius 3 is 2.11 bits per heavy atom. The number of nitrogens with one attached hydrogen (secondary N) is 1. The van der Waals surface area contributed by atoms with E-state index in [4.69, 9.17) is 0 Å². The van der Waals surface area contributed by atoms with Crippen molar-refractivity contribution in [3.05, 3.63) is 34.9 Å². The SMILES string of the molecule is CC(=O)NC(CC(F)(F)F)c1cc(C)cc(C)c1. The summed E-state index contributed by atoms with van der Waals surface area (Å²) in [6, 6.07) is 4.18. The van der Waals surface area contributed by atoms with E-state index in [1.54, 1.807) is 12.1 Å². The van der Waals surface area contributed by atoms with Crippen LogP contribution in [0.5, 0.6) is 0 Å². The van der Waals surface area contributed by atoms with Gasteiger partial charge in [-0.1, -0.05) is 29.3 Å². The molecule has 0 aliphatic heterocycles. The lowest BCUT2D eigenvalue weighted by atomic mass is 9.99. The van der Waals surface area contributed by atoms with Crippen molar-refractivity contribution in [2.24, 2.45) is 0 Å². The van der Waals surface area contributed by atoms with E-state index < -0.39 is 24.5 Å². The van der Waals surface area contributed by atoms with Gasteiger partial charge in [0.25, 0.3) is 0 Å². The zero-order valence-corrected chi connectivity index (χ0v) is 10.6. The van der Waals surface area contributed by atoms with Crippen molar-refractivity contribution in [3.63, 3.8) is 0 Å². The molecule has 0 bridgehead atoms. The first-order chi connectivity index (χ1) is 8.17. The Kier molecular flexibility index (Phi) is 4.38. The molecule has 100 valence electrons. The second-order valence-corrected chi connectivity index (χ2v) is 4.49. The Labute approximate surface area is 104 Å². The van der Waals surface area contributed by atoms with E-state index >= 15 is 0 Å². The molecule has 1 amide bonds. The Bertz CT molecular complexity index is 420. The van der Waals surface area contributed by atoms with Crippen LogP contribution in [0.15, 0.2) is 18.2 Å². The molecule has 1 N–H and O–H groups in total. The van der Waals surface area contributed by atoms with Crippen LogP contribution in [0.25, 0.3) is 0 Å². The normalized spacial score (nSPS) is 13.2. The molecule has 0 fully saturated rings. The van der Waals surface area contributed by atoms with Crippen molar-refractivity contribution >= 4 is 5.91 Å². The Hall–Kier alpha value is -1.52. The molecule has 5 heteroatoms. The van der Waals surface area contributed by atoms with Crippen LogP contribution in [0.3, 0.4) is 0 Å². The van der Waals surface area contributed by atoms with Gasteiger partial charge in [-0.2, -0.15) is 13.2 Å². The van der Waals surface area contributed by atoms with Crippen LogP contribution in [-0.2, 0) is 4.79 Å². The minimum Gasteiger partial charge on any atom is -0.349 e. The van der Waals surface area contributed by atoms with Crippen molar-refractivity contribution < 1.29 is 18.0 Å². The van der Waals surface area contributed by atoms with Crippen LogP contribution >= 0.6 is 0 Å². The molecule has 1 atom stereocenters. The number of amides is 1. The van der Waals surface area contributed by atoms with Crippen molar-refractivity contribution in [1.82, 2.24) is 5.32 Å². The zero-order valence-electron chi connectivity index (χ0n) is 10.6. The number of rotatable bonds is 3. The molecule has 0 heterocycles.